The van der Waals surface area contributed by atoms with Crippen LogP contribution in [0.4, 0.5) is 0 Å². The van der Waals surface area contributed by atoms with E-state index in [1.165, 1.54) is 45.5 Å². The van der Waals surface area contributed by atoms with Crippen molar-refractivity contribution in [3.8, 4) is 0 Å². The molecule has 0 bridgehead atoms. The molecule has 2 atom stereocenters. The van der Waals surface area contributed by atoms with Gasteiger partial charge in [0.15, 0.2) is 0 Å². The lowest BCUT2D eigenvalue weighted by Crippen LogP contribution is -2.21. The Morgan fingerprint density at radius 2 is 1.91 bits per heavy atom. The van der Waals surface area contributed by atoms with Crippen molar-refractivity contribution in [2.45, 2.75) is 80.2 Å². The summed E-state index contributed by atoms with van der Waals surface area (Å²) in [5.74, 6) is 0.670. The maximum absolute atomic E-state index is 4.51. The highest BCUT2D eigenvalue weighted by Crippen LogP contribution is 2.34. The van der Waals surface area contributed by atoms with Crippen molar-refractivity contribution in [3.63, 3.8) is 0 Å². The molecular formula is C29H42N4S. The van der Waals surface area contributed by atoms with Crippen LogP contribution in [0.5, 0.6) is 0 Å². The number of rotatable bonds is 9. The summed E-state index contributed by atoms with van der Waals surface area (Å²) in [5, 5.41) is 0. The van der Waals surface area contributed by atoms with Gasteiger partial charge in [-0.05, 0) is 112 Å². The number of hydrogen-bond acceptors (Lipinski definition) is 5. The molecule has 1 aliphatic carbocycles. The van der Waals surface area contributed by atoms with Crippen molar-refractivity contribution < 1.29 is 0 Å². The van der Waals surface area contributed by atoms with Crippen molar-refractivity contribution >= 4 is 18.2 Å². The first-order chi connectivity index (χ1) is 16.3. The first kappa shape index (κ1) is 28.0. The molecule has 1 N–H and O–H groups in total. The molecule has 1 aromatic heterocycles. The highest BCUT2D eigenvalue weighted by Gasteiger charge is 2.16. The number of benzene rings is 1. The molecule has 0 saturated carbocycles. The fraction of sp³-hybridized carbons (Fsp3) is 0.483. The van der Waals surface area contributed by atoms with E-state index in [1.54, 1.807) is 12.4 Å². The van der Waals surface area contributed by atoms with E-state index >= 15 is 0 Å². The quantitative estimate of drug-likeness (QED) is 0.301. The van der Waals surface area contributed by atoms with E-state index in [0.29, 0.717) is 12.0 Å². The SMILES string of the molecule is CCCN=Cc1cc(CCC(C)NSC2=C(C)CC(C)C=C2C)ccc1C.Cc1cncnc1. The average molecular weight is 479 g/mol. The number of nitrogens with one attached hydrogen (secondary N) is 1. The topological polar surface area (TPSA) is 50.2 Å². The lowest BCUT2D eigenvalue weighted by molar-refractivity contribution is 0.629. The molecule has 0 radical (unpaired) electrons. The highest BCUT2D eigenvalue weighted by molar-refractivity contribution is 8.01. The second kappa shape index (κ2) is 14.9. The van der Waals surface area contributed by atoms with Crippen LogP contribution in [0, 0.1) is 19.8 Å². The summed E-state index contributed by atoms with van der Waals surface area (Å²) in [4.78, 5) is 13.5. The van der Waals surface area contributed by atoms with Crippen LogP contribution in [-0.2, 0) is 6.42 Å². The molecule has 34 heavy (non-hydrogen) atoms. The Hall–Kier alpha value is -2.24. The maximum Gasteiger partial charge on any atom is 0.115 e. The summed E-state index contributed by atoms with van der Waals surface area (Å²) in [7, 11) is 0. The second-order valence-electron chi connectivity index (χ2n) is 9.44. The number of hydrogen-bond donors (Lipinski definition) is 1. The van der Waals surface area contributed by atoms with Gasteiger partial charge in [0, 0.05) is 36.1 Å². The van der Waals surface area contributed by atoms with Gasteiger partial charge in [-0.15, -0.1) is 0 Å². The standard InChI is InChI=1S/C24H36N2S.C5H6N2/c1-7-12-25-16-23-15-22(10-8-18(23)3)11-9-21(6)26-27-24-19(4)13-17(2)14-20(24)5;1-5-2-6-4-7-3-5/h8,10,13,15-17,21,26H,7,9,11-12,14H2,1-6H3;2-4H,1H3. The largest absolute Gasteiger partial charge is 0.293 e. The van der Waals surface area contributed by atoms with Gasteiger partial charge < -0.3 is 0 Å². The van der Waals surface area contributed by atoms with Gasteiger partial charge in [0.1, 0.15) is 6.33 Å². The van der Waals surface area contributed by atoms with Crippen molar-refractivity contribution in [1.82, 2.24) is 14.7 Å². The van der Waals surface area contributed by atoms with Gasteiger partial charge in [0.2, 0.25) is 0 Å². The summed E-state index contributed by atoms with van der Waals surface area (Å²) in [6, 6.07) is 7.26. The summed E-state index contributed by atoms with van der Waals surface area (Å²) in [6.45, 7) is 16.3. The van der Waals surface area contributed by atoms with E-state index in [4.69, 9.17) is 0 Å². The molecule has 0 aliphatic heterocycles. The van der Waals surface area contributed by atoms with E-state index in [0.717, 1.165) is 31.4 Å². The number of aryl methyl sites for hydroxylation is 3. The van der Waals surface area contributed by atoms with Gasteiger partial charge >= 0.3 is 0 Å². The first-order valence-electron chi connectivity index (χ1n) is 12.4. The van der Waals surface area contributed by atoms with E-state index in [1.807, 2.05) is 25.1 Å². The molecule has 0 amide bonds. The number of allylic oxidation sites excluding steroid dienone is 3. The molecule has 1 heterocycles. The van der Waals surface area contributed by atoms with Crippen LogP contribution in [0.25, 0.3) is 0 Å². The van der Waals surface area contributed by atoms with Crippen LogP contribution in [0.1, 0.15) is 76.1 Å². The minimum Gasteiger partial charge on any atom is -0.293 e. The lowest BCUT2D eigenvalue weighted by Gasteiger charge is -2.22. The van der Waals surface area contributed by atoms with Crippen molar-refractivity contribution in [1.29, 1.82) is 0 Å². The van der Waals surface area contributed by atoms with Crippen molar-refractivity contribution in [3.05, 3.63) is 81.3 Å². The normalized spacial score (nSPS) is 16.8. The van der Waals surface area contributed by atoms with Crippen LogP contribution in [0.15, 0.2) is 64.0 Å². The molecule has 0 saturated heterocycles. The van der Waals surface area contributed by atoms with Gasteiger partial charge in [-0.3, -0.25) is 9.71 Å². The number of nitrogens with zero attached hydrogens (tertiary/aromatic N) is 3. The van der Waals surface area contributed by atoms with Crippen LogP contribution >= 0.6 is 11.9 Å². The van der Waals surface area contributed by atoms with Gasteiger partial charge in [-0.25, -0.2) is 9.97 Å². The summed E-state index contributed by atoms with van der Waals surface area (Å²) in [5.41, 5.74) is 8.00. The predicted molar refractivity (Wildman–Crippen MR) is 149 cm³/mol. The van der Waals surface area contributed by atoms with Gasteiger partial charge in [0.25, 0.3) is 0 Å². The maximum atomic E-state index is 4.51. The van der Waals surface area contributed by atoms with E-state index in [2.05, 4.69) is 85.5 Å². The molecule has 2 aromatic rings. The summed E-state index contributed by atoms with van der Waals surface area (Å²) >= 11 is 1.82. The third-order valence-corrected chi connectivity index (χ3v) is 7.15. The Bertz CT molecular complexity index is 979. The number of aliphatic imine (C=N–C) groups is 1. The molecule has 0 spiro atoms. The van der Waals surface area contributed by atoms with Gasteiger partial charge in [-0.1, -0.05) is 37.6 Å². The van der Waals surface area contributed by atoms with E-state index in [-0.39, 0.29) is 0 Å². The highest BCUT2D eigenvalue weighted by atomic mass is 32.2. The van der Waals surface area contributed by atoms with E-state index in [9.17, 15) is 0 Å². The Morgan fingerprint density at radius 1 is 1.18 bits per heavy atom. The monoisotopic (exact) mass is 478 g/mol. The molecule has 3 rings (SSSR count). The Morgan fingerprint density at radius 3 is 2.53 bits per heavy atom. The molecule has 5 heteroatoms. The zero-order valence-electron chi connectivity index (χ0n) is 22.1. The fourth-order valence-electron chi connectivity index (χ4n) is 3.89. The molecule has 1 aliphatic rings. The third-order valence-electron chi connectivity index (χ3n) is 5.75. The minimum absolute atomic E-state index is 0.473. The number of aromatic nitrogens is 2. The van der Waals surface area contributed by atoms with Crippen LogP contribution < -0.4 is 4.72 Å². The molecule has 0 fully saturated rings. The van der Waals surface area contributed by atoms with Gasteiger partial charge in [-0.2, -0.15) is 0 Å². The van der Waals surface area contributed by atoms with Crippen molar-refractivity contribution in [2.75, 3.05) is 6.54 Å². The summed E-state index contributed by atoms with van der Waals surface area (Å²) in [6.07, 6.45) is 14.0. The van der Waals surface area contributed by atoms with Crippen LogP contribution in [0.3, 0.4) is 0 Å². The molecule has 4 nitrogen and oxygen atoms in total. The zero-order valence-corrected chi connectivity index (χ0v) is 22.9. The predicted octanol–water partition coefficient (Wildman–Crippen LogP) is 7.43. The third kappa shape index (κ3) is 9.94. The van der Waals surface area contributed by atoms with Crippen molar-refractivity contribution in [2.24, 2.45) is 10.9 Å². The Balaban J connectivity index is 0.000000497. The van der Waals surface area contributed by atoms with Crippen LogP contribution in [0.2, 0.25) is 0 Å². The van der Waals surface area contributed by atoms with E-state index < -0.39 is 0 Å². The fourth-order valence-corrected chi connectivity index (χ4v) is 4.82. The lowest BCUT2D eigenvalue weighted by atomic mass is 9.93. The Labute approximate surface area is 211 Å². The summed E-state index contributed by atoms with van der Waals surface area (Å²) < 4.78 is 3.66. The second-order valence-corrected chi connectivity index (χ2v) is 10.3. The molecule has 184 valence electrons. The minimum atomic E-state index is 0.473. The smallest absolute Gasteiger partial charge is 0.115 e. The zero-order chi connectivity index (χ0) is 24.9. The molecule has 2 unspecified atom stereocenters. The van der Waals surface area contributed by atoms with Gasteiger partial charge in [0.05, 0.1) is 0 Å². The first-order valence-corrected chi connectivity index (χ1v) is 13.2. The average Bonchev–Trinajstić information content (AvgIpc) is 2.80. The molecule has 1 aromatic carbocycles. The molecular weight excluding hydrogens is 436 g/mol. The Kier molecular flexibility index (Phi) is 12.3. The van der Waals surface area contributed by atoms with Crippen LogP contribution in [-0.4, -0.2) is 28.8 Å².